The smallest absolute Gasteiger partial charge is 0.119 e. The van der Waals surface area contributed by atoms with Crippen molar-refractivity contribution < 1.29 is 9.47 Å². The molecule has 0 amide bonds. The molecule has 1 aromatic carbocycles. The molecule has 0 heterocycles. The van der Waals surface area contributed by atoms with E-state index in [-0.39, 0.29) is 0 Å². The minimum absolute atomic E-state index is 0.333. The van der Waals surface area contributed by atoms with Gasteiger partial charge in [0.05, 0.1) is 12.7 Å². The Labute approximate surface area is 129 Å². The van der Waals surface area contributed by atoms with Gasteiger partial charge in [-0.3, -0.25) is 0 Å². The third kappa shape index (κ3) is 5.68. The van der Waals surface area contributed by atoms with E-state index in [1.165, 1.54) is 19.3 Å². The standard InChI is InChI=1S/C18H29NO2/c1-3-11-19-17-10-9-15(2)14-18(17)21-13-12-20-16-7-5-4-6-8-16/h4-8,15,17-19H,3,9-14H2,1-2H3. The van der Waals surface area contributed by atoms with Gasteiger partial charge in [-0.1, -0.05) is 32.0 Å². The number of ether oxygens (including phenoxy) is 2. The van der Waals surface area contributed by atoms with Crippen LogP contribution in [-0.2, 0) is 4.74 Å². The van der Waals surface area contributed by atoms with Crippen molar-refractivity contribution in [2.75, 3.05) is 19.8 Å². The van der Waals surface area contributed by atoms with E-state index in [4.69, 9.17) is 9.47 Å². The molecule has 3 atom stereocenters. The molecule has 0 aliphatic heterocycles. The summed E-state index contributed by atoms with van der Waals surface area (Å²) in [6.07, 6.45) is 5.20. The molecule has 1 aliphatic rings. The summed E-state index contributed by atoms with van der Waals surface area (Å²) in [5.74, 6) is 1.68. The zero-order chi connectivity index (χ0) is 14.9. The van der Waals surface area contributed by atoms with Crippen molar-refractivity contribution in [1.82, 2.24) is 5.32 Å². The number of para-hydroxylation sites is 1. The first-order valence-corrected chi connectivity index (χ1v) is 8.32. The first-order chi connectivity index (χ1) is 10.3. The Bertz CT molecular complexity index is 380. The summed E-state index contributed by atoms with van der Waals surface area (Å²) in [6.45, 7) is 6.90. The molecule has 1 aliphatic carbocycles. The van der Waals surface area contributed by atoms with E-state index in [9.17, 15) is 0 Å². The predicted octanol–water partition coefficient (Wildman–Crippen LogP) is 3.64. The van der Waals surface area contributed by atoms with Gasteiger partial charge >= 0.3 is 0 Å². The van der Waals surface area contributed by atoms with E-state index in [2.05, 4.69) is 19.2 Å². The number of hydrogen-bond donors (Lipinski definition) is 1. The van der Waals surface area contributed by atoms with Crippen molar-refractivity contribution in [1.29, 1.82) is 0 Å². The van der Waals surface area contributed by atoms with E-state index in [0.717, 1.165) is 24.6 Å². The lowest BCUT2D eigenvalue weighted by Gasteiger charge is -2.35. The Morgan fingerprint density at radius 2 is 1.95 bits per heavy atom. The maximum atomic E-state index is 6.10. The highest BCUT2D eigenvalue weighted by Crippen LogP contribution is 2.26. The molecular formula is C18H29NO2. The van der Waals surface area contributed by atoms with Gasteiger partial charge in [-0.25, -0.2) is 0 Å². The lowest BCUT2D eigenvalue weighted by Crippen LogP contribution is -2.46. The molecule has 21 heavy (non-hydrogen) atoms. The average Bonchev–Trinajstić information content (AvgIpc) is 2.52. The predicted molar refractivity (Wildman–Crippen MR) is 86.8 cm³/mol. The Kier molecular flexibility index (Phi) is 7.04. The number of rotatable bonds is 8. The number of benzene rings is 1. The molecule has 1 aromatic rings. The minimum atomic E-state index is 0.333. The van der Waals surface area contributed by atoms with Gasteiger partial charge in [0.2, 0.25) is 0 Å². The molecule has 0 bridgehead atoms. The van der Waals surface area contributed by atoms with Gasteiger partial charge in [0.1, 0.15) is 12.4 Å². The Morgan fingerprint density at radius 3 is 2.71 bits per heavy atom. The summed E-state index contributed by atoms with van der Waals surface area (Å²) < 4.78 is 11.8. The molecule has 118 valence electrons. The molecule has 0 spiro atoms. The number of nitrogens with one attached hydrogen (secondary N) is 1. The van der Waals surface area contributed by atoms with E-state index in [1.807, 2.05) is 30.3 Å². The summed E-state index contributed by atoms with van der Waals surface area (Å²) in [5, 5.41) is 3.63. The normalized spacial score (nSPS) is 25.7. The van der Waals surface area contributed by atoms with Gasteiger partial charge < -0.3 is 14.8 Å². The van der Waals surface area contributed by atoms with E-state index in [1.54, 1.807) is 0 Å². The van der Waals surface area contributed by atoms with Crippen molar-refractivity contribution in [3.63, 3.8) is 0 Å². The van der Waals surface area contributed by atoms with Gasteiger partial charge in [0.25, 0.3) is 0 Å². The van der Waals surface area contributed by atoms with Crippen LogP contribution in [0.1, 0.15) is 39.5 Å². The van der Waals surface area contributed by atoms with Crippen LogP contribution >= 0.6 is 0 Å². The van der Waals surface area contributed by atoms with Crippen LogP contribution in [-0.4, -0.2) is 31.9 Å². The van der Waals surface area contributed by atoms with E-state index in [0.29, 0.717) is 25.4 Å². The van der Waals surface area contributed by atoms with Crippen LogP contribution in [0.3, 0.4) is 0 Å². The van der Waals surface area contributed by atoms with E-state index >= 15 is 0 Å². The van der Waals surface area contributed by atoms with Gasteiger partial charge in [0, 0.05) is 6.04 Å². The fourth-order valence-electron chi connectivity index (χ4n) is 2.95. The number of hydrogen-bond acceptors (Lipinski definition) is 3. The first kappa shape index (κ1) is 16.3. The maximum absolute atomic E-state index is 6.10. The molecule has 1 saturated carbocycles. The summed E-state index contributed by atoms with van der Waals surface area (Å²) in [5.41, 5.74) is 0. The molecule has 3 unspecified atom stereocenters. The highest BCUT2D eigenvalue weighted by Gasteiger charge is 2.28. The second kappa shape index (κ2) is 9.06. The van der Waals surface area contributed by atoms with Crippen molar-refractivity contribution in [3.8, 4) is 5.75 Å². The van der Waals surface area contributed by atoms with E-state index < -0.39 is 0 Å². The van der Waals surface area contributed by atoms with Crippen LogP contribution in [0.25, 0.3) is 0 Å². The van der Waals surface area contributed by atoms with Gasteiger partial charge in [-0.15, -0.1) is 0 Å². The van der Waals surface area contributed by atoms with Crippen molar-refractivity contribution in [2.24, 2.45) is 5.92 Å². The zero-order valence-electron chi connectivity index (χ0n) is 13.4. The molecule has 3 nitrogen and oxygen atoms in total. The van der Waals surface area contributed by atoms with Gasteiger partial charge in [-0.05, 0) is 50.3 Å². The van der Waals surface area contributed by atoms with Gasteiger partial charge in [0.15, 0.2) is 0 Å². The lowest BCUT2D eigenvalue weighted by atomic mass is 9.85. The van der Waals surface area contributed by atoms with Crippen molar-refractivity contribution >= 4 is 0 Å². The Hall–Kier alpha value is -1.06. The summed E-state index contributed by atoms with van der Waals surface area (Å²) in [7, 11) is 0. The molecule has 2 rings (SSSR count). The third-order valence-corrected chi connectivity index (χ3v) is 4.14. The fourth-order valence-corrected chi connectivity index (χ4v) is 2.95. The Balaban J connectivity index is 1.71. The molecule has 3 heteroatoms. The SMILES string of the molecule is CCCNC1CCC(C)CC1OCCOc1ccccc1. The topological polar surface area (TPSA) is 30.5 Å². The van der Waals surface area contributed by atoms with Crippen LogP contribution in [0.4, 0.5) is 0 Å². The highest BCUT2D eigenvalue weighted by molar-refractivity contribution is 5.20. The fraction of sp³-hybridized carbons (Fsp3) is 0.667. The molecule has 0 radical (unpaired) electrons. The van der Waals surface area contributed by atoms with Gasteiger partial charge in [-0.2, -0.15) is 0 Å². The summed E-state index contributed by atoms with van der Waals surface area (Å²) in [6, 6.07) is 10.4. The quantitative estimate of drug-likeness (QED) is 0.742. The van der Waals surface area contributed by atoms with Crippen molar-refractivity contribution in [3.05, 3.63) is 30.3 Å². The lowest BCUT2D eigenvalue weighted by molar-refractivity contribution is -0.0184. The molecule has 1 fully saturated rings. The highest BCUT2D eigenvalue weighted by atomic mass is 16.5. The summed E-state index contributed by atoms with van der Waals surface area (Å²) >= 11 is 0. The largest absolute Gasteiger partial charge is 0.491 e. The van der Waals surface area contributed by atoms with Crippen LogP contribution < -0.4 is 10.1 Å². The molecular weight excluding hydrogens is 262 g/mol. The minimum Gasteiger partial charge on any atom is -0.491 e. The van der Waals surface area contributed by atoms with Crippen LogP contribution in [0.5, 0.6) is 5.75 Å². The average molecular weight is 291 g/mol. The van der Waals surface area contributed by atoms with Crippen molar-refractivity contribution in [2.45, 2.75) is 51.7 Å². The molecule has 1 N–H and O–H groups in total. The first-order valence-electron chi connectivity index (χ1n) is 8.32. The third-order valence-electron chi connectivity index (χ3n) is 4.14. The Morgan fingerprint density at radius 1 is 1.14 bits per heavy atom. The summed E-state index contributed by atoms with van der Waals surface area (Å²) in [4.78, 5) is 0. The molecule has 0 aromatic heterocycles. The van der Waals surface area contributed by atoms with Crippen LogP contribution in [0.2, 0.25) is 0 Å². The second-order valence-electron chi connectivity index (χ2n) is 6.05. The second-order valence-corrected chi connectivity index (χ2v) is 6.05. The van der Waals surface area contributed by atoms with Crippen LogP contribution in [0.15, 0.2) is 30.3 Å². The maximum Gasteiger partial charge on any atom is 0.119 e. The monoisotopic (exact) mass is 291 g/mol. The zero-order valence-corrected chi connectivity index (χ0v) is 13.4. The molecule has 0 saturated heterocycles. The van der Waals surface area contributed by atoms with Crippen LogP contribution in [0, 0.1) is 5.92 Å².